The Balaban J connectivity index is 0.000000216. The highest BCUT2D eigenvalue weighted by Gasteiger charge is 2.48. The molecule has 4 heterocycles. The number of ether oxygens (including phenoxy) is 10. The molecule has 408 valence electrons. The molecular weight excluding hydrogens is 977 g/mol. The minimum Gasteiger partial charge on any atom is -0.504 e. The summed E-state index contributed by atoms with van der Waals surface area (Å²) in [6.07, 6.45) is -12.9. The number of aromatic hydroxyl groups is 2. The van der Waals surface area contributed by atoms with Crippen molar-refractivity contribution in [1.29, 1.82) is 0 Å². The number of hydrogen-bond donors (Lipinski definition) is 12. The third-order valence-corrected chi connectivity index (χ3v) is 13.6. The average molecular weight is 1050 g/mol. The zero-order valence-electron chi connectivity index (χ0n) is 41.4. The number of aliphatic hydroxyl groups excluding tert-OH is 10. The van der Waals surface area contributed by atoms with E-state index >= 15 is 0 Å². The Kier molecular flexibility index (Phi) is 19.5. The van der Waals surface area contributed by atoms with Crippen LogP contribution in [0.2, 0.25) is 0 Å². The van der Waals surface area contributed by atoms with E-state index in [0.717, 1.165) is 22.3 Å². The molecule has 2 fully saturated rings. The fourth-order valence-electron chi connectivity index (χ4n) is 9.58. The quantitative estimate of drug-likeness (QED) is 0.0581. The Morgan fingerprint density at radius 3 is 1.18 bits per heavy atom. The summed E-state index contributed by atoms with van der Waals surface area (Å²) in [4.78, 5) is 0. The normalized spacial score (nSPS) is 29.0. The van der Waals surface area contributed by atoms with Gasteiger partial charge in [-0.1, -0.05) is 24.3 Å². The molecule has 4 aliphatic rings. The largest absolute Gasteiger partial charge is 0.504 e. The van der Waals surface area contributed by atoms with E-state index in [9.17, 15) is 61.3 Å². The van der Waals surface area contributed by atoms with Gasteiger partial charge in [0.2, 0.25) is 0 Å². The van der Waals surface area contributed by atoms with Crippen LogP contribution < -0.4 is 28.4 Å². The highest BCUT2D eigenvalue weighted by Crippen LogP contribution is 2.54. The number of rotatable bonds is 20. The van der Waals surface area contributed by atoms with Crippen molar-refractivity contribution >= 4 is 0 Å². The van der Waals surface area contributed by atoms with E-state index in [1.54, 1.807) is 24.3 Å². The Hall–Kier alpha value is -5.28. The molecule has 74 heavy (non-hydrogen) atoms. The Bertz CT molecular complexity index is 2290. The minimum atomic E-state index is -1.56. The molecule has 0 aromatic heterocycles. The number of phenols is 2. The number of methoxy groups -OCH3 is 4. The molecule has 0 spiro atoms. The molecule has 0 radical (unpaired) electrons. The molecule has 22 nitrogen and oxygen atoms in total. The molecule has 14 atom stereocenters. The van der Waals surface area contributed by atoms with Gasteiger partial charge in [0.25, 0.3) is 0 Å². The van der Waals surface area contributed by atoms with E-state index in [1.165, 1.54) is 40.6 Å². The topological polar surface area (TPSA) is 335 Å². The monoisotopic (exact) mass is 1040 g/mol. The minimum absolute atomic E-state index is 0.0280. The van der Waals surface area contributed by atoms with E-state index in [-0.39, 0.29) is 49.4 Å². The molecule has 0 aliphatic carbocycles. The van der Waals surface area contributed by atoms with Gasteiger partial charge in [-0.3, -0.25) is 0 Å². The predicted molar refractivity (Wildman–Crippen MR) is 258 cm³/mol. The van der Waals surface area contributed by atoms with Gasteiger partial charge < -0.3 is 109 Å². The number of phenolic OH excluding ortho intramolecular Hbond substituents is 2. The Morgan fingerprint density at radius 1 is 0.459 bits per heavy atom. The molecule has 0 bridgehead atoms. The molecule has 12 N–H and O–H groups in total. The van der Waals surface area contributed by atoms with E-state index in [0.29, 0.717) is 59.8 Å². The second kappa shape index (κ2) is 25.5. The van der Waals surface area contributed by atoms with Crippen LogP contribution in [0.15, 0.2) is 60.7 Å². The van der Waals surface area contributed by atoms with Gasteiger partial charge in [0.05, 0.1) is 66.7 Å². The van der Waals surface area contributed by atoms with Crippen molar-refractivity contribution < 1.29 is 109 Å². The second-order valence-electron chi connectivity index (χ2n) is 18.3. The zero-order chi connectivity index (χ0) is 53.4. The molecule has 4 aromatic carbocycles. The third kappa shape index (κ3) is 12.0. The SMILES string of the molecule is COc1cc([C@H]2Oc3c(OC)cc(CCCO)cc3[C@@H]2CO[C@@H]2O[C@H](CO)[C@@H](O)[C@H](O)[C@H]2O)ccc1O.COc1cc([C@H]2Oc3c(OC)cc(CCCO)cc3[C@@H]2CO[C@@H]2O[C@H](CO)[C@@H](O)[C@H](O)[C@H]2O)ccc1O. The number of fused-ring (bicyclic) bond motifs is 2. The third-order valence-electron chi connectivity index (χ3n) is 13.6. The molecule has 2 saturated heterocycles. The molecule has 4 aromatic rings. The van der Waals surface area contributed by atoms with Crippen LogP contribution in [-0.4, -0.2) is 191 Å². The molecular formula is C52H68O22. The van der Waals surface area contributed by atoms with Crippen LogP contribution in [0, 0.1) is 0 Å². The smallest absolute Gasteiger partial charge is 0.186 e. The average Bonchev–Trinajstić information content (AvgIpc) is 3.98. The summed E-state index contributed by atoms with van der Waals surface area (Å²) >= 11 is 0. The fourth-order valence-corrected chi connectivity index (χ4v) is 9.58. The summed E-state index contributed by atoms with van der Waals surface area (Å²) in [6, 6.07) is 17.3. The van der Waals surface area contributed by atoms with Crippen LogP contribution in [0.1, 0.15) is 70.3 Å². The number of aliphatic hydroxyl groups is 10. The van der Waals surface area contributed by atoms with Crippen molar-refractivity contribution in [2.45, 2.75) is 111 Å². The molecule has 4 aliphatic heterocycles. The molecule has 0 unspecified atom stereocenters. The van der Waals surface area contributed by atoms with E-state index in [4.69, 9.17) is 47.4 Å². The summed E-state index contributed by atoms with van der Waals surface area (Å²) in [6.45, 7) is -1.12. The number of benzene rings is 4. The number of aryl methyl sites for hydroxylation is 2. The van der Waals surface area contributed by atoms with Crippen molar-refractivity contribution in [3.05, 3.63) is 94.0 Å². The maximum Gasteiger partial charge on any atom is 0.186 e. The molecule has 0 amide bonds. The van der Waals surface area contributed by atoms with Crippen LogP contribution in [0.3, 0.4) is 0 Å². The summed E-state index contributed by atoms with van der Waals surface area (Å²) in [5.41, 5.74) is 4.77. The Morgan fingerprint density at radius 2 is 0.838 bits per heavy atom. The highest BCUT2D eigenvalue weighted by atomic mass is 16.7. The second-order valence-corrected chi connectivity index (χ2v) is 18.3. The van der Waals surface area contributed by atoms with E-state index in [2.05, 4.69) is 0 Å². The van der Waals surface area contributed by atoms with Gasteiger partial charge in [-0.05, 0) is 84.3 Å². The highest BCUT2D eigenvalue weighted by molar-refractivity contribution is 5.57. The van der Waals surface area contributed by atoms with E-state index < -0.39 is 98.7 Å². The first-order chi connectivity index (χ1) is 35.6. The lowest BCUT2D eigenvalue weighted by Crippen LogP contribution is -2.59. The summed E-state index contributed by atoms with van der Waals surface area (Å²) in [5.74, 6) is 1.62. The van der Waals surface area contributed by atoms with Gasteiger partial charge in [-0.15, -0.1) is 0 Å². The first kappa shape index (κ1) is 56.4. The first-order valence-corrected chi connectivity index (χ1v) is 24.2. The Labute approximate surface area is 426 Å². The summed E-state index contributed by atoms with van der Waals surface area (Å²) in [7, 11) is 5.95. The predicted octanol–water partition coefficient (Wildman–Crippen LogP) is 0.736. The fraction of sp³-hybridized carbons (Fsp3) is 0.538. The lowest BCUT2D eigenvalue weighted by molar-refractivity contribution is -0.302. The van der Waals surface area contributed by atoms with Crippen molar-refractivity contribution in [2.75, 3.05) is 68.1 Å². The van der Waals surface area contributed by atoms with Gasteiger partial charge in [-0.25, -0.2) is 0 Å². The van der Waals surface area contributed by atoms with Crippen molar-refractivity contribution in [1.82, 2.24) is 0 Å². The van der Waals surface area contributed by atoms with Crippen LogP contribution in [0.25, 0.3) is 0 Å². The number of hydrogen-bond acceptors (Lipinski definition) is 22. The van der Waals surface area contributed by atoms with Crippen molar-refractivity contribution in [3.63, 3.8) is 0 Å². The van der Waals surface area contributed by atoms with Gasteiger partial charge >= 0.3 is 0 Å². The standard InChI is InChI=1S/2C26H34O11/c2*1-33-18-10-14(5-6-17(18)29)24-16(12-35-26-23(32)22(31)21(30)20(11-28)36-26)15-8-13(4-3-7-27)9-19(34-2)25(15)37-24/h2*5-6,8-10,16,20-24,26-32H,3-4,7,11-12H2,1-2H3/t2*16-,20+,21+,22-,23+,24+,26+/m00/s1. The molecule has 0 saturated carbocycles. The van der Waals surface area contributed by atoms with Crippen LogP contribution in [0.4, 0.5) is 0 Å². The maximum atomic E-state index is 10.4. The molecule has 22 heteroatoms. The van der Waals surface area contributed by atoms with Gasteiger partial charge in [0.1, 0.15) is 61.0 Å². The first-order valence-electron chi connectivity index (χ1n) is 24.2. The summed E-state index contributed by atoms with van der Waals surface area (Å²) in [5, 5.41) is 119. The van der Waals surface area contributed by atoms with Crippen molar-refractivity contribution in [3.8, 4) is 46.0 Å². The van der Waals surface area contributed by atoms with Gasteiger partial charge in [0.15, 0.2) is 58.6 Å². The van der Waals surface area contributed by atoms with E-state index in [1.807, 2.05) is 24.3 Å². The van der Waals surface area contributed by atoms with Crippen LogP contribution in [0.5, 0.6) is 46.0 Å². The van der Waals surface area contributed by atoms with Crippen LogP contribution in [-0.2, 0) is 31.8 Å². The lowest BCUT2D eigenvalue weighted by atomic mass is 9.90. The maximum absolute atomic E-state index is 10.4. The van der Waals surface area contributed by atoms with Gasteiger partial charge in [0, 0.05) is 24.3 Å². The summed E-state index contributed by atoms with van der Waals surface area (Å²) < 4.78 is 57.3. The molecule has 8 rings (SSSR count). The van der Waals surface area contributed by atoms with Crippen LogP contribution >= 0.6 is 0 Å². The lowest BCUT2D eigenvalue weighted by Gasteiger charge is -2.40. The zero-order valence-corrected chi connectivity index (χ0v) is 41.4. The van der Waals surface area contributed by atoms with Gasteiger partial charge in [-0.2, -0.15) is 0 Å². The van der Waals surface area contributed by atoms with Crippen molar-refractivity contribution in [2.24, 2.45) is 0 Å².